The van der Waals surface area contributed by atoms with Gasteiger partial charge < -0.3 is 5.32 Å². The molecular formula is C17H28N4O2S. The van der Waals surface area contributed by atoms with E-state index in [2.05, 4.69) is 15.3 Å². The fourth-order valence-electron chi connectivity index (χ4n) is 4.00. The molecule has 2 aliphatic rings. The minimum absolute atomic E-state index is 0.158. The molecule has 134 valence electrons. The summed E-state index contributed by atoms with van der Waals surface area (Å²) in [6.07, 6.45) is 11.1. The molecule has 7 heteroatoms. The number of rotatable bonds is 5. The molecule has 2 fully saturated rings. The molecule has 1 N–H and O–H groups in total. The monoisotopic (exact) mass is 352 g/mol. The van der Waals surface area contributed by atoms with Crippen molar-refractivity contribution in [1.29, 1.82) is 0 Å². The average Bonchev–Trinajstić information content (AvgIpc) is 2.63. The van der Waals surface area contributed by atoms with Crippen molar-refractivity contribution in [2.75, 3.05) is 25.5 Å². The van der Waals surface area contributed by atoms with Crippen LogP contribution in [0.25, 0.3) is 0 Å². The van der Waals surface area contributed by atoms with E-state index in [1.54, 1.807) is 16.7 Å². The number of nitrogens with one attached hydrogen (secondary N) is 1. The van der Waals surface area contributed by atoms with Gasteiger partial charge in [-0.2, -0.15) is 0 Å². The first-order valence-electron chi connectivity index (χ1n) is 9.08. The first-order chi connectivity index (χ1) is 11.6. The Bertz CT molecular complexity index is 644. The van der Waals surface area contributed by atoms with E-state index in [1.165, 1.54) is 6.42 Å². The van der Waals surface area contributed by atoms with E-state index in [-0.39, 0.29) is 5.25 Å². The second-order valence-corrected chi connectivity index (χ2v) is 9.19. The van der Waals surface area contributed by atoms with Gasteiger partial charge in [0.05, 0.1) is 10.9 Å². The Balaban J connectivity index is 1.67. The number of aromatic nitrogens is 2. The van der Waals surface area contributed by atoms with Gasteiger partial charge in [-0.15, -0.1) is 0 Å². The zero-order valence-corrected chi connectivity index (χ0v) is 15.3. The minimum Gasteiger partial charge on any atom is -0.372 e. The molecule has 0 unspecified atom stereocenters. The van der Waals surface area contributed by atoms with Crippen molar-refractivity contribution in [2.45, 2.75) is 56.6 Å². The lowest BCUT2D eigenvalue weighted by molar-refractivity contribution is 0.259. The molecule has 0 aromatic carbocycles. The lowest BCUT2D eigenvalue weighted by Gasteiger charge is -2.35. The standard InChI is InChI=1S/C17H28N4O2S/c1-18-17-16(19-9-10-20-17)12-14-6-5-11-21(13-14)24(22,23)15-7-3-2-4-8-15/h9-10,14-15H,2-8,11-13H2,1H3,(H,18,20)/t14-/m1/s1. The topological polar surface area (TPSA) is 75.2 Å². The maximum atomic E-state index is 12.9. The summed E-state index contributed by atoms with van der Waals surface area (Å²) in [6.45, 7) is 1.30. The summed E-state index contributed by atoms with van der Waals surface area (Å²) < 4.78 is 27.7. The van der Waals surface area contributed by atoms with E-state index in [0.29, 0.717) is 19.0 Å². The molecule has 6 nitrogen and oxygen atoms in total. The molecule has 24 heavy (non-hydrogen) atoms. The zero-order chi connectivity index (χ0) is 17.0. The predicted molar refractivity (Wildman–Crippen MR) is 95.4 cm³/mol. The van der Waals surface area contributed by atoms with Gasteiger partial charge in [0.1, 0.15) is 5.82 Å². The van der Waals surface area contributed by atoms with Gasteiger partial charge in [-0.25, -0.2) is 17.7 Å². The molecule has 1 saturated heterocycles. The first kappa shape index (κ1) is 17.6. The third-order valence-electron chi connectivity index (χ3n) is 5.31. The molecule has 0 bridgehead atoms. The van der Waals surface area contributed by atoms with Gasteiger partial charge in [0.25, 0.3) is 0 Å². The van der Waals surface area contributed by atoms with Crippen molar-refractivity contribution in [3.05, 3.63) is 18.1 Å². The molecule has 2 heterocycles. The molecule has 1 aliphatic carbocycles. The van der Waals surface area contributed by atoms with Crippen molar-refractivity contribution in [1.82, 2.24) is 14.3 Å². The van der Waals surface area contributed by atoms with E-state index in [9.17, 15) is 8.42 Å². The van der Waals surface area contributed by atoms with Crippen LogP contribution in [-0.4, -0.2) is 48.1 Å². The van der Waals surface area contributed by atoms with Crippen LogP contribution in [0.3, 0.4) is 0 Å². The summed E-state index contributed by atoms with van der Waals surface area (Å²) in [5.74, 6) is 1.12. The van der Waals surface area contributed by atoms with E-state index < -0.39 is 10.0 Å². The quantitative estimate of drug-likeness (QED) is 0.881. The Hall–Kier alpha value is -1.21. The molecule has 0 amide bonds. The van der Waals surface area contributed by atoms with Gasteiger partial charge in [0, 0.05) is 32.5 Å². The first-order valence-corrected chi connectivity index (χ1v) is 10.6. The van der Waals surface area contributed by atoms with Crippen molar-refractivity contribution in [3.63, 3.8) is 0 Å². The third-order valence-corrected chi connectivity index (χ3v) is 7.67. The third kappa shape index (κ3) is 3.88. The number of sulfonamides is 1. The molecule has 3 rings (SSSR count). The number of piperidine rings is 1. The van der Waals surface area contributed by atoms with Gasteiger partial charge >= 0.3 is 0 Å². The SMILES string of the molecule is CNc1nccnc1C[C@H]1CCCN(S(=O)(=O)C2CCCCC2)C1. The van der Waals surface area contributed by atoms with Gasteiger partial charge in [-0.1, -0.05) is 19.3 Å². The summed E-state index contributed by atoms with van der Waals surface area (Å²) in [5, 5.41) is 2.91. The summed E-state index contributed by atoms with van der Waals surface area (Å²) in [7, 11) is -1.30. The van der Waals surface area contributed by atoms with E-state index in [1.807, 2.05) is 7.05 Å². The Morgan fingerprint density at radius 3 is 2.62 bits per heavy atom. The number of hydrogen-bond acceptors (Lipinski definition) is 5. The summed E-state index contributed by atoms with van der Waals surface area (Å²) >= 11 is 0. The highest BCUT2D eigenvalue weighted by atomic mass is 32.2. The lowest BCUT2D eigenvalue weighted by Crippen LogP contribution is -2.45. The molecular weight excluding hydrogens is 324 g/mol. The maximum absolute atomic E-state index is 12.9. The normalized spacial score (nSPS) is 24.0. The van der Waals surface area contributed by atoms with E-state index >= 15 is 0 Å². The second kappa shape index (κ2) is 7.78. The smallest absolute Gasteiger partial charge is 0.216 e. The van der Waals surface area contributed by atoms with Gasteiger partial charge in [-0.05, 0) is 38.0 Å². The van der Waals surface area contributed by atoms with Crippen LogP contribution in [-0.2, 0) is 16.4 Å². The van der Waals surface area contributed by atoms with E-state index in [4.69, 9.17) is 0 Å². The fourth-order valence-corrected chi connectivity index (χ4v) is 6.15. The molecule has 1 atom stereocenters. The molecule has 1 aliphatic heterocycles. The molecule has 0 spiro atoms. The molecule has 1 aromatic rings. The van der Waals surface area contributed by atoms with Crippen LogP contribution in [0.1, 0.15) is 50.6 Å². The second-order valence-electron chi connectivity index (χ2n) is 6.98. The van der Waals surface area contributed by atoms with Gasteiger partial charge in [0.2, 0.25) is 10.0 Å². The number of anilines is 1. The van der Waals surface area contributed by atoms with Crippen molar-refractivity contribution < 1.29 is 8.42 Å². The largest absolute Gasteiger partial charge is 0.372 e. The Kier molecular flexibility index (Phi) is 5.71. The van der Waals surface area contributed by atoms with Gasteiger partial charge in [0.15, 0.2) is 0 Å². The van der Waals surface area contributed by atoms with Crippen LogP contribution in [0.15, 0.2) is 12.4 Å². The molecule has 1 saturated carbocycles. The highest BCUT2D eigenvalue weighted by Crippen LogP contribution is 2.30. The van der Waals surface area contributed by atoms with Crippen molar-refractivity contribution >= 4 is 15.8 Å². The van der Waals surface area contributed by atoms with Crippen LogP contribution >= 0.6 is 0 Å². The highest BCUT2D eigenvalue weighted by Gasteiger charge is 2.35. The summed E-state index contributed by atoms with van der Waals surface area (Å²) in [5.41, 5.74) is 0.932. The highest BCUT2D eigenvalue weighted by molar-refractivity contribution is 7.89. The summed E-state index contributed by atoms with van der Waals surface area (Å²) in [4.78, 5) is 8.73. The van der Waals surface area contributed by atoms with Crippen LogP contribution in [0.4, 0.5) is 5.82 Å². The van der Waals surface area contributed by atoms with Crippen LogP contribution in [0.2, 0.25) is 0 Å². The fraction of sp³-hybridized carbons (Fsp3) is 0.765. The van der Waals surface area contributed by atoms with Crippen LogP contribution in [0.5, 0.6) is 0 Å². The van der Waals surface area contributed by atoms with Crippen molar-refractivity contribution in [2.24, 2.45) is 5.92 Å². The minimum atomic E-state index is -3.14. The maximum Gasteiger partial charge on any atom is 0.216 e. The Labute approximate surface area is 145 Å². The summed E-state index contributed by atoms with van der Waals surface area (Å²) in [6, 6.07) is 0. The van der Waals surface area contributed by atoms with Crippen LogP contribution in [0, 0.1) is 5.92 Å². The molecule has 0 radical (unpaired) electrons. The van der Waals surface area contributed by atoms with E-state index in [0.717, 1.165) is 56.5 Å². The van der Waals surface area contributed by atoms with Crippen LogP contribution < -0.4 is 5.32 Å². The Morgan fingerprint density at radius 1 is 1.12 bits per heavy atom. The molecule has 1 aromatic heterocycles. The lowest BCUT2D eigenvalue weighted by atomic mass is 9.94. The van der Waals surface area contributed by atoms with Gasteiger partial charge in [-0.3, -0.25) is 4.98 Å². The number of hydrogen-bond donors (Lipinski definition) is 1. The Morgan fingerprint density at radius 2 is 1.88 bits per heavy atom. The van der Waals surface area contributed by atoms with Crippen molar-refractivity contribution in [3.8, 4) is 0 Å². The predicted octanol–water partition coefficient (Wildman–Crippen LogP) is 2.44. The zero-order valence-electron chi connectivity index (χ0n) is 14.4. The number of nitrogens with zero attached hydrogens (tertiary/aromatic N) is 3. The average molecular weight is 353 g/mol.